The number of carbonyl (C=O) groups excluding carboxylic acids is 1. The van der Waals surface area contributed by atoms with Gasteiger partial charge in [0, 0.05) is 5.61 Å². The van der Waals surface area contributed by atoms with Crippen LogP contribution in [0.4, 0.5) is 0 Å². The maximum Gasteiger partial charge on any atom is 0.366 e. The predicted octanol–water partition coefficient (Wildman–Crippen LogP) is -0.0285. The molecule has 0 N–H and O–H groups in total. The molecule has 1 aliphatic heterocycles. The summed E-state index contributed by atoms with van der Waals surface area (Å²) >= 11 is 0. The van der Waals surface area contributed by atoms with E-state index in [1.54, 1.807) is 13.0 Å². The number of nitrogens with zero attached hydrogens (tertiary/aromatic N) is 1. The van der Waals surface area contributed by atoms with Gasteiger partial charge in [-0.25, -0.2) is 4.79 Å². The van der Waals surface area contributed by atoms with Crippen LogP contribution in [0.15, 0.2) is 16.8 Å². The Labute approximate surface area is 53.8 Å². The van der Waals surface area contributed by atoms with E-state index in [-0.39, 0.29) is 5.61 Å². The number of allylic oxidation sites excluding steroid dienone is 1. The molecule has 0 aromatic rings. The number of oxime groups is 1. The molecule has 1 heterocycles. The highest BCUT2D eigenvalue weighted by molar-refractivity contribution is 6.68. The van der Waals surface area contributed by atoms with Crippen LogP contribution >= 0.6 is 0 Å². The molecule has 3 nitrogen and oxygen atoms in total. The molecule has 1 aliphatic rings. The zero-order valence-corrected chi connectivity index (χ0v) is 4.92. The second kappa shape index (κ2) is 2.05. The average Bonchev–Trinajstić information content (AvgIpc) is 2.12. The standard InChI is InChI=1S/C5H4BNO2/c1-2-3-4(6)7-9-5(3)8/h2H,1H3/b3-2-. The second-order valence-corrected chi connectivity index (χ2v) is 1.56. The Bertz CT molecular complexity index is 207. The highest BCUT2D eigenvalue weighted by atomic mass is 16.7. The summed E-state index contributed by atoms with van der Waals surface area (Å²) in [5.41, 5.74) is 0.498. The summed E-state index contributed by atoms with van der Waals surface area (Å²) in [5.74, 6) is -0.477. The fraction of sp³-hybridized carbons (Fsp3) is 0.200. The Morgan fingerprint density at radius 2 is 2.44 bits per heavy atom. The van der Waals surface area contributed by atoms with Crippen molar-refractivity contribution in [3.63, 3.8) is 0 Å². The quantitative estimate of drug-likeness (QED) is 0.256. The zero-order valence-electron chi connectivity index (χ0n) is 4.92. The molecule has 44 valence electrons. The number of rotatable bonds is 0. The molecular weight excluding hydrogens is 117 g/mol. The number of hydrogen-bond donors (Lipinski definition) is 0. The van der Waals surface area contributed by atoms with Gasteiger partial charge in [0.05, 0.1) is 5.57 Å². The molecule has 0 aromatic carbocycles. The van der Waals surface area contributed by atoms with Gasteiger partial charge in [0.15, 0.2) is 0 Å². The summed E-state index contributed by atoms with van der Waals surface area (Å²) < 4.78 is 0. The van der Waals surface area contributed by atoms with E-state index in [4.69, 9.17) is 7.85 Å². The Kier molecular flexibility index (Phi) is 1.38. The molecule has 1 rings (SSSR count). The van der Waals surface area contributed by atoms with E-state index in [0.717, 1.165) is 0 Å². The summed E-state index contributed by atoms with van der Waals surface area (Å²) in [5, 5.41) is 3.25. The van der Waals surface area contributed by atoms with Crippen LogP contribution in [0.1, 0.15) is 6.92 Å². The van der Waals surface area contributed by atoms with E-state index in [9.17, 15) is 4.79 Å². The third kappa shape index (κ3) is 0.873. The molecule has 4 heteroatoms. The lowest BCUT2D eigenvalue weighted by Crippen LogP contribution is -2.03. The SMILES string of the molecule is [B]C1=NOC(=O)/C1=C\C. The molecule has 2 radical (unpaired) electrons. The molecule has 0 fully saturated rings. The van der Waals surface area contributed by atoms with Crippen molar-refractivity contribution in [2.45, 2.75) is 6.92 Å². The van der Waals surface area contributed by atoms with Gasteiger partial charge in [0.2, 0.25) is 0 Å². The first-order valence-corrected chi connectivity index (χ1v) is 2.47. The van der Waals surface area contributed by atoms with Crippen molar-refractivity contribution < 1.29 is 9.63 Å². The summed E-state index contributed by atoms with van der Waals surface area (Å²) in [6, 6.07) is 0. The van der Waals surface area contributed by atoms with Gasteiger partial charge in [0.1, 0.15) is 7.85 Å². The van der Waals surface area contributed by atoms with Gasteiger partial charge >= 0.3 is 5.97 Å². The monoisotopic (exact) mass is 121 g/mol. The molecule has 0 unspecified atom stereocenters. The Morgan fingerprint density at radius 3 is 2.67 bits per heavy atom. The predicted molar refractivity (Wildman–Crippen MR) is 33.0 cm³/mol. The summed E-state index contributed by atoms with van der Waals surface area (Å²) in [6.07, 6.45) is 1.56. The summed E-state index contributed by atoms with van der Waals surface area (Å²) in [4.78, 5) is 14.8. The fourth-order valence-electron chi connectivity index (χ4n) is 0.559. The van der Waals surface area contributed by atoms with E-state index in [2.05, 4.69) is 9.99 Å². The lowest BCUT2D eigenvalue weighted by Gasteiger charge is -1.85. The molecular formula is C5H4BNO2. The highest BCUT2D eigenvalue weighted by Crippen LogP contribution is 2.07. The third-order valence-corrected chi connectivity index (χ3v) is 1.01. The third-order valence-electron chi connectivity index (χ3n) is 1.01. The number of carbonyl (C=O) groups is 1. The van der Waals surface area contributed by atoms with Crippen molar-refractivity contribution >= 4 is 19.4 Å². The summed E-state index contributed by atoms with van der Waals surface area (Å²) in [7, 11) is 5.22. The number of hydrogen-bond acceptors (Lipinski definition) is 3. The van der Waals surface area contributed by atoms with E-state index in [0.29, 0.717) is 5.57 Å². The zero-order chi connectivity index (χ0) is 6.85. The van der Waals surface area contributed by atoms with Crippen molar-refractivity contribution in [1.82, 2.24) is 0 Å². The van der Waals surface area contributed by atoms with Gasteiger partial charge in [-0.05, 0) is 6.92 Å². The maximum atomic E-state index is 10.5. The van der Waals surface area contributed by atoms with Crippen molar-refractivity contribution in [3.05, 3.63) is 11.6 Å². The lowest BCUT2D eigenvalue weighted by atomic mass is 9.94. The molecule has 0 aliphatic carbocycles. The van der Waals surface area contributed by atoms with Crippen LogP contribution in [-0.2, 0) is 9.63 Å². The Morgan fingerprint density at radius 1 is 1.78 bits per heavy atom. The molecule has 9 heavy (non-hydrogen) atoms. The van der Waals surface area contributed by atoms with E-state index in [1.807, 2.05) is 0 Å². The van der Waals surface area contributed by atoms with Crippen molar-refractivity contribution in [3.8, 4) is 0 Å². The largest absolute Gasteiger partial charge is 0.366 e. The van der Waals surface area contributed by atoms with Crippen LogP contribution in [0.2, 0.25) is 0 Å². The minimum absolute atomic E-state index is 0.155. The van der Waals surface area contributed by atoms with Crippen LogP contribution in [-0.4, -0.2) is 19.4 Å². The molecule has 0 bridgehead atoms. The van der Waals surface area contributed by atoms with Crippen LogP contribution in [0.3, 0.4) is 0 Å². The summed E-state index contributed by atoms with van der Waals surface area (Å²) in [6.45, 7) is 1.70. The van der Waals surface area contributed by atoms with Gasteiger partial charge in [-0.2, -0.15) is 0 Å². The molecule has 0 amide bonds. The smallest absolute Gasteiger partial charge is 0.313 e. The van der Waals surface area contributed by atoms with Crippen LogP contribution in [0, 0.1) is 0 Å². The van der Waals surface area contributed by atoms with Gasteiger partial charge in [-0.15, -0.1) is 0 Å². The van der Waals surface area contributed by atoms with E-state index in [1.165, 1.54) is 0 Å². The van der Waals surface area contributed by atoms with Crippen molar-refractivity contribution in [2.75, 3.05) is 0 Å². The van der Waals surface area contributed by atoms with E-state index >= 15 is 0 Å². The van der Waals surface area contributed by atoms with Crippen LogP contribution < -0.4 is 0 Å². The molecule has 0 saturated heterocycles. The average molecular weight is 121 g/mol. The highest BCUT2D eigenvalue weighted by Gasteiger charge is 2.19. The van der Waals surface area contributed by atoms with Crippen LogP contribution in [0.25, 0.3) is 0 Å². The molecule has 0 saturated carbocycles. The van der Waals surface area contributed by atoms with Crippen LogP contribution in [0.5, 0.6) is 0 Å². The Hall–Kier alpha value is -1.06. The molecule has 0 atom stereocenters. The van der Waals surface area contributed by atoms with E-state index < -0.39 is 5.97 Å². The fourth-order valence-corrected chi connectivity index (χ4v) is 0.559. The van der Waals surface area contributed by atoms with Gasteiger partial charge in [-0.1, -0.05) is 11.2 Å². The molecule has 0 aromatic heterocycles. The van der Waals surface area contributed by atoms with Gasteiger partial charge < -0.3 is 4.84 Å². The van der Waals surface area contributed by atoms with Gasteiger partial charge in [0.25, 0.3) is 0 Å². The minimum atomic E-state index is -0.477. The minimum Gasteiger partial charge on any atom is -0.313 e. The topological polar surface area (TPSA) is 38.7 Å². The van der Waals surface area contributed by atoms with Gasteiger partial charge in [-0.3, -0.25) is 0 Å². The normalized spacial score (nSPS) is 22.1. The lowest BCUT2D eigenvalue weighted by molar-refractivity contribution is -0.136. The second-order valence-electron chi connectivity index (χ2n) is 1.56. The first kappa shape index (κ1) is 6.07. The maximum absolute atomic E-state index is 10.5. The van der Waals surface area contributed by atoms with Crippen molar-refractivity contribution in [1.29, 1.82) is 0 Å². The van der Waals surface area contributed by atoms with Crippen molar-refractivity contribution in [2.24, 2.45) is 5.16 Å². The first-order chi connectivity index (χ1) is 4.25. The Balaban J connectivity index is 2.93. The first-order valence-electron chi connectivity index (χ1n) is 2.47. The molecule has 0 spiro atoms.